The van der Waals surface area contributed by atoms with Gasteiger partial charge in [-0.05, 0) is 36.2 Å². The molecule has 2 heterocycles. The molecule has 2 aromatic carbocycles. The number of methoxy groups -OCH3 is 1. The van der Waals surface area contributed by atoms with E-state index < -0.39 is 0 Å². The van der Waals surface area contributed by atoms with Crippen LogP contribution in [0.1, 0.15) is 16.1 Å². The molecule has 0 bridgehead atoms. The molecule has 2 aromatic heterocycles. The van der Waals surface area contributed by atoms with Gasteiger partial charge in [0, 0.05) is 11.8 Å². The number of hydrogen-bond acceptors (Lipinski definition) is 4. The van der Waals surface area contributed by atoms with Gasteiger partial charge in [0.1, 0.15) is 17.1 Å². The van der Waals surface area contributed by atoms with Crippen molar-refractivity contribution in [1.82, 2.24) is 9.38 Å². The lowest BCUT2D eigenvalue weighted by Crippen LogP contribution is -1.92. The molecule has 0 radical (unpaired) electrons. The molecule has 5 heteroatoms. The van der Waals surface area contributed by atoms with Gasteiger partial charge in [-0.25, -0.2) is 4.98 Å². The van der Waals surface area contributed by atoms with E-state index in [1.807, 2.05) is 53.9 Å². The maximum atomic E-state index is 11.7. The first-order valence-electron chi connectivity index (χ1n) is 7.89. The number of nitrogens with zero attached hydrogens (tertiary/aromatic N) is 2. The molecule has 4 aromatic rings. The van der Waals surface area contributed by atoms with Crippen molar-refractivity contribution in [3.63, 3.8) is 0 Å². The average molecular weight is 348 g/mol. The Labute approximate surface area is 149 Å². The third-order valence-electron chi connectivity index (χ3n) is 4.20. The molecule has 0 saturated heterocycles. The number of aldehydes is 1. The number of aromatic nitrogens is 2. The largest absolute Gasteiger partial charge is 0.496 e. The van der Waals surface area contributed by atoms with Crippen LogP contribution < -0.4 is 4.74 Å². The third kappa shape index (κ3) is 2.62. The zero-order valence-corrected chi connectivity index (χ0v) is 14.7. The number of imidazole rings is 1. The van der Waals surface area contributed by atoms with E-state index in [4.69, 9.17) is 9.72 Å². The molecule has 0 N–H and O–H groups in total. The smallest absolute Gasteiger partial charge is 0.195 e. The standard InChI is InChI=1S/C20H16N2O2S/c1-13-10-15(8-9-17(13)24-2)19-16(12-23)22-11-18(25-20(22)21-19)14-6-4-3-5-7-14/h3-12H,1-2H3. The van der Waals surface area contributed by atoms with E-state index in [-0.39, 0.29) is 0 Å². The minimum Gasteiger partial charge on any atom is -0.496 e. The highest BCUT2D eigenvalue weighted by atomic mass is 32.1. The number of benzene rings is 2. The van der Waals surface area contributed by atoms with Gasteiger partial charge in [-0.2, -0.15) is 0 Å². The number of thiazole rings is 1. The van der Waals surface area contributed by atoms with Crippen molar-refractivity contribution in [2.24, 2.45) is 0 Å². The second kappa shape index (κ2) is 6.18. The fourth-order valence-corrected chi connectivity index (χ4v) is 3.94. The van der Waals surface area contributed by atoms with Crippen LogP contribution in [0.5, 0.6) is 5.75 Å². The van der Waals surface area contributed by atoms with E-state index in [9.17, 15) is 4.79 Å². The summed E-state index contributed by atoms with van der Waals surface area (Å²) in [5.41, 5.74) is 4.32. The summed E-state index contributed by atoms with van der Waals surface area (Å²) >= 11 is 1.58. The van der Waals surface area contributed by atoms with Crippen molar-refractivity contribution >= 4 is 22.6 Å². The fraction of sp³-hybridized carbons (Fsp3) is 0.100. The van der Waals surface area contributed by atoms with Gasteiger partial charge in [0.25, 0.3) is 0 Å². The van der Waals surface area contributed by atoms with Crippen LogP contribution in [0.2, 0.25) is 0 Å². The molecule has 0 fully saturated rings. The molecule has 0 unspecified atom stereocenters. The number of carbonyl (C=O) groups is 1. The van der Waals surface area contributed by atoms with Gasteiger partial charge in [0.15, 0.2) is 11.2 Å². The minimum atomic E-state index is 0.568. The van der Waals surface area contributed by atoms with Crippen molar-refractivity contribution in [2.75, 3.05) is 7.11 Å². The number of ether oxygens (including phenoxy) is 1. The monoisotopic (exact) mass is 348 g/mol. The van der Waals surface area contributed by atoms with E-state index in [1.165, 1.54) is 0 Å². The topological polar surface area (TPSA) is 43.6 Å². The quantitative estimate of drug-likeness (QED) is 0.495. The van der Waals surface area contributed by atoms with Crippen LogP contribution >= 0.6 is 11.3 Å². The molecule has 0 amide bonds. The molecule has 0 saturated carbocycles. The van der Waals surface area contributed by atoms with Gasteiger partial charge in [-0.3, -0.25) is 9.20 Å². The molecule has 0 aliphatic heterocycles. The van der Waals surface area contributed by atoms with Gasteiger partial charge < -0.3 is 4.74 Å². The van der Waals surface area contributed by atoms with Crippen LogP contribution in [0.4, 0.5) is 0 Å². The van der Waals surface area contributed by atoms with Crippen LogP contribution in [0.15, 0.2) is 54.7 Å². The number of fused-ring (bicyclic) bond motifs is 1. The first-order valence-corrected chi connectivity index (χ1v) is 8.70. The predicted octanol–water partition coefficient (Wildman–Crippen LogP) is 4.86. The lowest BCUT2D eigenvalue weighted by Gasteiger charge is -2.06. The van der Waals surface area contributed by atoms with Crippen molar-refractivity contribution in [2.45, 2.75) is 6.92 Å². The predicted molar refractivity (Wildman–Crippen MR) is 101 cm³/mol. The minimum absolute atomic E-state index is 0.568. The number of carbonyl (C=O) groups excluding carboxylic acids is 1. The summed E-state index contributed by atoms with van der Waals surface area (Å²) in [5, 5.41) is 0. The summed E-state index contributed by atoms with van der Waals surface area (Å²) in [4.78, 5) is 18.4. The highest BCUT2D eigenvalue weighted by molar-refractivity contribution is 7.20. The molecule has 124 valence electrons. The molecule has 0 aliphatic rings. The van der Waals surface area contributed by atoms with E-state index in [0.29, 0.717) is 11.4 Å². The molecular formula is C20H16N2O2S. The maximum Gasteiger partial charge on any atom is 0.195 e. The summed E-state index contributed by atoms with van der Waals surface area (Å²) < 4.78 is 7.18. The van der Waals surface area contributed by atoms with Crippen LogP contribution in [0.25, 0.3) is 26.7 Å². The second-order valence-corrected chi connectivity index (χ2v) is 6.77. The normalized spacial score (nSPS) is 11.0. The van der Waals surface area contributed by atoms with Gasteiger partial charge >= 0.3 is 0 Å². The van der Waals surface area contributed by atoms with E-state index in [2.05, 4.69) is 12.1 Å². The summed E-state index contributed by atoms with van der Waals surface area (Å²) in [6.07, 6.45) is 2.85. The molecule has 0 atom stereocenters. The molecule has 0 spiro atoms. The van der Waals surface area contributed by atoms with Gasteiger partial charge in [-0.1, -0.05) is 41.7 Å². The lowest BCUT2D eigenvalue weighted by molar-refractivity contribution is 0.111. The molecule has 25 heavy (non-hydrogen) atoms. The average Bonchev–Trinajstić information content (AvgIpc) is 3.20. The Hall–Kier alpha value is -2.92. The zero-order chi connectivity index (χ0) is 17.4. The van der Waals surface area contributed by atoms with Crippen molar-refractivity contribution in [3.8, 4) is 27.4 Å². The first kappa shape index (κ1) is 15.6. The van der Waals surface area contributed by atoms with Gasteiger partial charge in [0.05, 0.1) is 12.0 Å². The van der Waals surface area contributed by atoms with Crippen molar-refractivity contribution < 1.29 is 9.53 Å². The molecule has 4 nitrogen and oxygen atoms in total. The van der Waals surface area contributed by atoms with E-state index >= 15 is 0 Å². The van der Waals surface area contributed by atoms with Crippen LogP contribution in [-0.4, -0.2) is 22.8 Å². The van der Waals surface area contributed by atoms with Crippen LogP contribution in [-0.2, 0) is 0 Å². The Balaban J connectivity index is 1.85. The first-order chi connectivity index (χ1) is 12.2. The summed E-state index contributed by atoms with van der Waals surface area (Å²) in [7, 11) is 1.65. The van der Waals surface area contributed by atoms with Gasteiger partial charge in [0.2, 0.25) is 0 Å². The highest BCUT2D eigenvalue weighted by Crippen LogP contribution is 2.33. The van der Waals surface area contributed by atoms with Crippen LogP contribution in [0, 0.1) is 6.92 Å². The molecular weight excluding hydrogens is 332 g/mol. The summed E-state index contributed by atoms with van der Waals surface area (Å²) in [5.74, 6) is 0.823. The SMILES string of the molecule is COc1ccc(-c2nc3sc(-c4ccccc4)cn3c2C=O)cc1C. The number of aryl methyl sites for hydroxylation is 1. The fourth-order valence-electron chi connectivity index (χ4n) is 2.95. The Kier molecular flexibility index (Phi) is 3.86. The Bertz CT molecular complexity index is 1060. The third-order valence-corrected chi connectivity index (χ3v) is 5.23. The van der Waals surface area contributed by atoms with E-state index in [0.717, 1.165) is 38.6 Å². The van der Waals surface area contributed by atoms with E-state index in [1.54, 1.807) is 18.4 Å². The lowest BCUT2D eigenvalue weighted by atomic mass is 10.1. The molecule has 0 aliphatic carbocycles. The Morgan fingerprint density at radius 1 is 1.12 bits per heavy atom. The summed E-state index contributed by atoms with van der Waals surface area (Å²) in [6, 6.07) is 15.9. The van der Waals surface area contributed by atoms with Crippen molar-refractivity contribution in [1.29, 1.82) is 0 Å². The van der Waals surface area contributed by atoms with Crippen molar-refractivity contribution in [3.05, 3.63) is 66.0 Å². The number of rotatable bonds is 4. The number of hydrogen-bond donors (Lipinski definition) is 0. The maximum absolute atomic E-state index is 11.7. The molecule has 4 rings (SSSR count). The van der Waals surface area contributed by atoms with Crippen LogP contribution in [0.3, 0.4) is 0 Å². The Morgan fingerprint density at radius 3 is 2.60 bits per heavy atom. The highest BCUT2D eigenvalue weighted by Gasteiger charge is 2.17. The second-order valence-electron chi connectivity index (χ2n) is 5.76. The van der Waals surface area contributed by atoms with Gasteiger partial charge in [-0.15, -0.1) is 0 Å². The summed E-state index contributed by atoms with van der Waals surface area (Å²) in [6.45, 7) is 1.98. The Morgan fingerprint density at radius 2 is 1.92 bits per heavy atom. The zero-order valence-electron chi connectivity index (χ0n) is 13.9.